The maximum Gasteiger partial charge on any atom is 0.279 e. The lowest BCUT2D eigenvalue weighted by Crippen LogP contribution is -2.60. The summed E-state index contributed by atoms with van der Waals surface area (Å²) in [4.78, 5) is 28.9. The van der Waals surface area contributed by atoms with Crippen LogP contribution in [0.2, 0.25) is 0 Å². The Balaban J connectivity index is 1.74. The second-order valence-electron chi connectivity index (χ2n) is 6.10. The molecule has 118 valence electrons. The van der Waals surface area contributed by atoms with Crippen LogP contribution in [0.25, 0.3) is 0 Å². The van der Waals surface area contributed by atoms with Gasteiger partial charge in [-0.2, -0.15) is 0 Å². The molecule has 0 aromatic carbocycles. The molecule has 0 bridgehead atoms. The molecule has 6 heteroatoms. The van der Waals surface area contributed by atoms with E-state index in [1.54, 1.807) is 18.3 Å². The number of fused-ring (bicyclic) bond motifs is 1. The average molecular weight is 303 g/mol. The Bertz CT molecular complexity index is 582. The van der Waals surface area contributed by atoms with Crippen LogP contribution in [0.1, 0.15) is 45.4 Å². The van der Waals surface area contributed by atoms with Crippen LogP contribution in [-0.4, -0.2) is 28.4 Å². The molecule has 0 unspecified atom stereocenters. The zero-order valence-electron chi connectivity index (χ0n) is 12.7. The maximum absolute atomic E-state index is 12.6. The first-order valence-corrected chi connectivity index (χ1v) is 7.86. The van der Waals surface area contributed by atoms with Crippen LogP contribution < -0.4 is 15.4 Å². The molecule has 1 aliphatic heterocycles. The molecule has 2 N–H and O–H groups in total. The van der Waals surface area contributed by atoms with E-state index in [1.165, 1.54) is 19.8 Å². The van der Waals surface area contributed by atoms with Crippen LogP contribution in [-0.2, 0) is 9.59 Å². The van der Waals surface area contributed by atoms with Crippen molar-refractivity contribution in [1.82, 2.24) is 10.3 Å². The molecule has 1 aromatic rings. The van der Waals surface area contributed by atoms with E-state index in [2.05, 4.69) is 15.6 Å². The highest BCUT2D eigenvalue weighted by atomic mass is 16.5. The van der Waals surface area contributed by atoms with E-state index in [-0.39, 0.29) is 11.9 Å². The molecule has 1 atom stereocenters. The summed E-state index contributed by atoms with van der Waals surface area (Å²) < 4.78 is 5.68. The molecule has 22 heavy (non-hydrogen) atoms. The first-order valence-electron chi connectivity index (χ1n) is 7.86. The van der Waals surface area contributed by atoms with Gasteiger partial charge >= 0.3 is 0 Å². The standard InChI is InChI=1S/C16H21N3O3/c1-16(14(20)18-11-7-4-2-3-5-8-11)15(21)19-13-12(22-16)9-6-10-17-13/h6,9-11H,2-5,7-8H2,1H3,(H,18,20)(H,17,19,21)/t16-/m0/s1. The lowest BCUT2D eigenvalue weighted by atomic mass is 10.0. The number of pyridine rings is 1. The highest BCUT2D eigenvalue weighted by Crippen LogP contribution is 2.31. The number of hydrogen-bond acceptors (Lipinski definition) is 4. The van der Waals surface area contributed by atoms with Crippen molar-refractivity contribution in [2.45, 2.75) is 57.1 Å². The van der Waals surface area contributed by atoms with Gasteiger partial charge in [-0.25, -0.2) is 4.98 Å². The van der Waals surface area contributed by atoms with Crippen molar-refractivity contribution in [3.05, 3.63) is 18.3 Å². The third-order valence-electron chi connectivity index (χ3n) is 4.37. The van der Waals surface area contributed by atoms with Gasteiger partial charge in [-0.15, -0.1) is 0 Å². The number of ether oxygens (including phenoxy) is 1. The number of nitrogens with zero attached hydrogens (tertiary/aromatic N) is 1. The largest absolute Gasteiger partial charge is 0.464 e. The Labute approximate surface area is 129 Å². The van der Waals surface area contributed by atoms with Gasteiger partial charge in [-0.05, 0) is 31.9 Å². The fourth-order valence-electron chi connectivity index (χ4n) is 2.96. The number of anilines is 1. The molecular formula is C16H21N3O3. The van der Waals surface area contributed by atoms with Gasteiger partial charge in [-0.3, -0.25) is 9.59 Å². The van der Waals surface area contributed by atoms with Crippen molar-refractivity contribution < 1.29 is 14.3 Å². The van der Waals surface area contributed by atoms with Crippen molar-refractivity contribution in [3.8, 4) is 5.75 Å². The van der Waals surface area contributed by atoms with Gasteiger partial charge in [0.15, 0.2) is 11.6 Å². The van der Waals surface area contributed by atoms with Gasteiger partial charge in [-0.1, -0.05) is 25.7 Å². The highest BCUT2D eigenvalue weighted by molar-refractivity contribution is 6.15. The van der Waals surface area contributed by atoms with Crippen LogP contribution in [0.3, 0.4) is 0 Å². The smallest absolute Gasteiger partial charge is 0.279 e. The van der Waals surface area contributed by atoms with Crippen molar-refractivity contribution >= 4 is 17.6 Å². The summed E-state index contributed by atoms with van der Waals surface area (Å²) in [5.74, 6) is -0.0934. The third kappa shape index (κ3) is 2.77. The first-order chi connectivity index (χ1) is 10.6. The maximum atomic E-state index is 12.6. The summed E-state index contributed by atoms with van der Waals surface area (Å²) in [6, 6.07) is 3.53. The minimum Gasteiger partial charge on any atom is -0.464 e. The molecule has 0 saturated heterocycles. The minimum absolute atomic E-state index is 0.124. The van der Waals surface area contributed by atoms with Gasteiger partial charge in [0.25, 0.3) is 17.4 Å². The topological polar surface area (TPSA) is 80.3 Å². The van der Waals surface area contributed by atoms with Crippen LogP contribution in [0, 0.1) is 0 Å². The van der Waals surface area contributed by atoms with Crippen molar-refractivity contribution in [2.24, 2.45) is 0 Å². The molecule has 6 nitrogen and oxygen atoms in total. The minimum atomic E-state index is -1.55. The Hall–Kier alpha value is -2.11. The first kappa shape index (κ1) is 14.8. The van der Waals surface area contributed by atoms with Crippen molar-refractivity contribution in [3.63, 3.8) is 0 Å². The van der Waals surface area contributed by atoms with E-state index in [1.807, 2.05) is 0 Å². The molecular weight excluding hydrogens is 282 g/mol. The molecule has 0 spiro atoms. The SMILES string of the molecule is C[C@@]1(C(=O)NC2CCCCCC2)Oc2cccnc2NC1=O. The van der Waals surface area contributed by atoms with Gasteiger partial charge < -0.3 is 15.4 Å². The fourth-order valence-corrected chi connectivity index (χ4v) is 2.96. The Morgan fingerprint density at radius 2 is 2.09 bits per heavy atom. The fraction of sp³-hybridized carbons (Fsp3) is 0.562. The molecule has 3 rings (SSSR count). The zero-order chi connectivity index (χ0) is 15.6. The normalized spacial score (nSPS) is 25.4. The van der Waals surface area contributed by atoms with Gasteiger partial charge in [0.2, 0.25) is 0 Å². The molecule has 1 aromatic heterocycles. The van der Waals surface area contributed by atoms with Crippen LogP contribution >= 0.6 is 0 Å². The molecule has 1 saturated carbocycles. The molecule has 1 fully saturated rings. The van der Waals surface area contributed by atoms with E-state index in [0.717, 1.165) is 25.7 Å². The molecule has 1 aliphatic carbocycles. The summed E-state index contributed by atoms with van der Waals surface area (Å²) in [7, 11) is 0. The van der Waals surface area contributed by atoms with E-state index < -0.39 is 11.5 Å². The summed E-state index contributed by atoms with van der Waals surface area (Å²) in [5.41, 5.74) is -1.55. The second kappa shape index (κ2) is 5.94. The van der Waals surface area contributed by atoms with Crippen LogP contribution in [0.5, 0.6) is 5.75 Å². The van der Waals surface area contributed by atoms with Crippen molar-refractivity contribution in [2.75, 3.05) is 5.32 Å². The molecule has 2 amide bonds. The number of carbonyl (C=O) groups is 2. The van der Waals surface area contributed by atoms with E-state index in [9.17, 15) is 9.59 Å². The Morgan fingerprint density at radius 3 is 2.82 bits per heavy atom. The zero-order valence-corrected chi connectivity index (χ0v) is 12.7. The number of amides is 2. The number of aromatic nitrogens is 1. The van der Waals surface area contributed by atoms with Crippen molar-refractivity contribution in [1.29, 1.82) is 0 Å². The summed E-state index contributed by atoms with van der Waals surface area (Å²) in [6.45, 7) is 1.50. The quantitative estimate of drug-likeness (QED) is 0.647. The number of carbonyl (C=O) groups excluding carboxylic acids is 2. The highest BCUT2D eigenvalue weighted by Gasteiger charge is 2.48. The predicted octanol–water partition coefficient (Wildman–Crippen LogP) is 2.01. The number of nitrogens with one attached hydrogen (secondary N) is 2. The third-order valence-corrected chi connectivity index (χ3v) is 4.37. The monoisotopic (exact) mass is 303 g/mol. The van der Waals surface area contributed by atoms with E-state index in [0.29, 0.717) is 11.6 Å². The lowest BCUT2D eigenvalue weighted by molar-refractivity contribution is -0.147. The molecule has 0 radical (unpaired) electrons. The summed E-state index contributed by atoms with van der Waals surface area (Å²) in [5, 5.41) is 5.63. The summed E-state index contributed by atoms with van der Waals surface area (Å²) in [6.07, 6.45) is 8.13. The molecule has 2 aliphatic rings. The summed E-state index contributed by atoms with van der Waals surface area (Å²) >= 11 is 0. The van der Waals surface area contributed by atoms with Gasteiger partial charge in [0, 0.05) is 12.2 Å². The van der Waals surface area contributed by atoms with E-state index in [4.69, 9.17) is 4.74 Å². The van der Waals surface area contributed by atoms with Gasteiger partial charge in [0.1, 0.15) is 0 Å². The number of hydrogen-bond donors (Lipinski definition) is 2. The Morgan fingerprint density at radius 1 is 1.36 bits per heavy atom. The lowest BCUT2D eigenvalue weighted by Gasteiger charge is -2.33. The van der Waals surface area contributed by atoms with Crippen LogP contribution in [0.4, 0.5) is 5.82 Å². The average Bonchev–Trinajstić information content (AvgIpc) is 2.77. The van der Waals surface area contributed by atoms with E-state index >= 15 is 0 Å². The van der Waals surface area contributed by atoms with Crippen LogP contribution in [0.15, 0.2) is 18.3 Å². The number of rotatable bonds is 2. The predicted molar refractivity (Wildman–Crippen MR) is 81.5 cm³/mol. The second-order valence-corrected chi connectivity index (χ2v) is 6.10. The Kier molecular flexibility index (Phi) is 4.00. The van der Waals surface area contributed by atoms with Gasteiger partial charge in [0.05, 0.1) is 0 Å². The molecule has 2 heterocycles.